The van der Waals surface area contributed by atoms with Gasteiger partial charge >= 0.3 is 0 Å². The Morgan fingerprint density at radius 3 is 2.73 bits per heavy atom. The number of hydrogen-bond donors (Lipinski definition) is 0. The molecule has 2 fully saturated rings. The minimum atomic E-state index is 0.145. The van der Waals surface area contributed by atoms with E-state index < -0.39 is 0 Å². The van der Waals surface area contributed by atoms with Crippen LogP contribution in [0.4, 0.5) is 0 Å². The second-order valence-electron chi connectivity index (χ2n) is 4.83. The second-order valence-corrected chi connectivity index (χ2v) is 12.5. The van der Waals surface area contributed by atoms with Crippen LogP contribution in [0.1, 0.15) is 20.3 Å². The third-order valence-corrected chi connectivity index (χ3v) is 10.8. The minimum Gasteiger partial charge on any atom is -0.379 e. The smallest absolute Gasteiger partial charge is 0.139 e. The summed E-state index contributed by atoms with van der Waals surface area (Å²) in [6.07, 6.45) is 1.40. The average molecular weight is 262 g/mol. The molecule has 5 heteroatoms. The van der Waals surface area contributed by atoms with Crippen molar-refractivity contribution in [3.63, 3.8) is 0 Å². The summed E-state index contributed by atoms with van der Waals surface area (Å²) in [5.41, 5.74) is 0.198. The number of ether oxygens (including phenoxy) is 1. The molecule has 2 aliphatic rings. The molecule has 0 bridgehead atoms. The fraction of sp³-hybridized carbons (Fsp3) is 1.00. The highest BCUT2D eigenvalue weighted by Gasteiger charge is 2.49. The molecule has 0 aliphatic carbocycles. The van der Waals surface area contributed by atoms with Crippen LogP contribution in [0, 0.1) is 11.8 Å². The lowest BCUT2D eigenvalue weighted by atomic mass is 9.77. The first-order chi connectivity index (χ1) is 7.05. The summed E-state index contributed by atoms with van der Waals surface area (Å²) < 4.78 is 6.32. The molecule has 2 aliphatic heterocycles. The molecule has 2 heterocycles. The van der Waals surface area contributed by atoms with Gasteiger partial charge in [0.1, 0.15) is 7.85 Å². The molecule has 0 aromatic carbocycles. The molecule has 2 unspecified atom stereocenters. The van der Waals surface area contributed by atoms with E-state index in [1.54, 1.807) is 0 Å². The fourth-order valence-corrected chi connectivity index (χ4v) is 8.51. The average Bonchev–Trinajstić information content (AvgIpc) is 2.39. The monoisotopic (exact) mass is 262 g/mol. The molecule has 1 spiro atoms. The first-order valence-corrected chi connectivity index (χ1v) is 10.7. The number of hydrogen-bond acceptors (Lipinski definition) is 3. The standard InChI is InChI=1S/C10H20BOPS2/c1-7-8(2)10(12-9(7)11)4-5-14-13(3)15-6-10/h7-9H,4-6,11H2,1-3H3/t7-,8?,9+,10+,13?/m0/s1. The van der Waals surface area contributed by atoms with Crippen molar-refractivity contribution in [2.24, 2.45) is 11.8 Å². The van der Waals surface area contributed by atoms with Crippen molar-refractivity contribution in [3.8, 4) is 0 Å². The predicted octanol–water partition coefficient (Wildman–Crippen LogP) is 2.80. The van der Waals surface area contributed by atoms with Gasteiger partial charge in [-0.25, -0.2) is 0 Å². The summed E-state index contributed by atoms with van der Waals surface area (Å²) >= 11 is 4.30. The van der Waals surface area contributed by atoms with E-state index in [0.717, 1.165) is 11.8 Å². The SMILES string of the molecule is B[C@@H]1O[C@@]2(CCSP(C)SC2)C(C)[C@@H]1C. The maximum atomic E-state index is 6.32. The highest BCUT2D eigenvalue weighted by atomic mass is 33.1. The summed E-state index contributed by atoms with van der Waals surface area (Å²) in [7, 11) is 2.24. The van der Waals surface area contributed by atoms with Crippen LogP contribution >= 0.6 is 29.1 Å². The summed E-state index contributed by atoms with van der Waals surface area (Å²) in [5.74, 6) is 3.95. The molecular formula is C10H20BOPS2. The molecule has 2 rings (SSSR count). The third kappa shape index (κ3) is 2.39. The molecule has 15 heavy (non-hydrogen) atoms. The largest absolute Gasteiger partial charge is 0.379 e. The third-order valence-electron chi connectivity index (χ3n) is 4.07. The van der Waals surface area contributed by atoms with E-state index in [0.29, 0.717) is 6.00 Å². The summed E-state index contributed by atoms with van der Waals surface area (Å²) in [6.45, 7) is 7.13. The zero-order valence-corrected chi connectivity index (χ0v) is 12.6. The fourth-order valence-electron chi connectivity index (χ4n) is 2.58. The minimum absolute atomic E-state index is 0.145. The van der Waals surface area contributed by atoms with Gasteiger partial charge in [0, 0.05) is 23.8 Å². The zero-order chi connectivity index (χ0) is 11.1. The van der Waals surface area contributed by atoms with Crippen LogP contribution in [0.5, 0.6) is 0 Å². The molecule has 86 valence electrons. The van der Waals surface area contributed by atoms with Gasteiger partial charge in [0.05, 0.1) is 5.60 Å². The van der Waals surface area contributed by atoms with E-state index in [-0.39, 0.29) is 11.9 Å². The highest BCUT2D eigenvalue weighted by Crippen LogP contribution is 2.63. The van der Waals surface area contributed by atoms with Crippen molar-refractivity contribution in [3.05, 3.63) is 0 Å². The topological polar surface area (TPSA) is 9.23 Å². The van der Waals surface area contributed by atoms with E-state index in [2.05, 4.69) is 51.1 Å². The first-order valence-electron chi connectivity index (χ1n) is 5.72. The van der Waals surface area contributed by atoms with Crippen LogP contribution in [0.15, 0.2) is 0 Å². The Bertz CT molecular complexity index is 243. The Morgan fingerprint density at radius 2 is 2.13 bits per heavy atom. The quantitative estimate of drug-likeness (QED) is 0.491. The van der Waals surface area contributed by atoms with E-state index in [1.165, 1.54) is 17.9 Å². The lowest BCUT2D eigenvalue weighted by molar-refractivity contribution is -0.0134. The summed E-state index contributed by atoms with van der Waals surface area (Å²) in [6, 6.07) is 0.451. The van der Waals surface area contributed by atoms with E-state index in [4.69, 9.17) is 4.74 Å². The van der Waals surface area contributed by atoms with Crippen molar-refractivity contribution in [1.82, 2.24) is 0 Å². The van der Waals surface area contributed by atoms with E-state index >= 15 is 0 Å². The van der Waals surface area contributed by atoms with Gasteiger partial charge in [0.2, 0.25) is 0 Å². The van der Waals surface area contributed by atoms with Gasteiger partial charge in [-0.05, 0) is 24.9 Å². The van der Waals surface area contributed by atoms with Crippen molar-refractivity contribution < 1.29 is 4.74 Å². The summed E-state index contributed by atoms with van der Waals surface area (Å²) in [4.78, 5) is 0. The molecule has 0 N–H and O–H groups in total. The lowest BCUT2D eigenvalue weighted by Crippen LogP contribution is -2.38. The van der Waals surface area contributed by atoms with Crippen molar-refractivity contribution >= 4 is 36.9 Å². The van der Waals surface area contributed by atoms with Crippen LogP contribution in [-0.2, 0) is 4.74 Å². The van der Waals surface area contributed by atoms with Crippen LogP contribution in [0.2, 0.25) is 0 Å². The van der Waals surface area contributed by atoms with Crippen molar-refractivity contribution in [2.75, 3.05) is 18.2 Å². The second kappa shape index (κ2) is 4.80. The number of rotatable bonds is 0. The Hall–Kier alpha value is 1.15. The molecule has 1 nitrogen and oxygen atoms in total. The normalized spacial score (nSPS) is 51.9. The maximum Gasteiger partial charge on any atom is 0.139 e. The van der Waals surface area contributed by atoms with Gasteiger partial charge in [0.25, 0.3) is 0 Å². The van der Waals surface area contributed by atoms with E-state index in [9.17, 15) is 0 Å². The Morgan fingerprint density at radius 1 is 1.40 bits per heavy atom. The van der Waals surface area contributed by atoms with Gasteiger partial charge in [0.15, 0.2) is 0 Å². The van der Waals surface area contributed by atoms with Crippen LogP contribution in [0.25, 0.3) is 0 Å². The van der Waals surface area contributed by atoms with Gasteiger partial charge < -0.3 is 4.74 Å². The van der Waals surface area contributed by atoms with Gasteiger partial charge in [-0.15, -0.1) is 22.8 Å². The van der Waals surface area contributed by atoms with Crippen LogP contribution in [-0.4, -0.2) is 37.6 Å². The van der Waals surface area contributed by atoms with Crippen molar-refractivity contribution in [1.29, 1.82) is 0 Å². The van der Waals surface area contributed by atoms with Crippen LogP contribution in [0.3, 0.4) is 0 Å². The lowest BCUT2D eigenvalue weighted by Gasteiger charge is -2.32. The molecule has 0 aromatic rings. The van der Waals surface area contributed by atoms with Gasteiger partial charge in [-0.2, -0.15) is 0 Å². The predicted molar refractivity (Wildman–Crippen MR) is 76.9 cm³/mol. The molecule has 0 radical (unpaired) electrons. The molecule has 0 saturated carbocycles. The van der Waals surface area contributed by atoms with Crippen molar-refractivity contribution in [2.45, 2.75) is 31.9 Å². The van der Waals surface area contributed by atoms with Crippen LogP contribution < -0.4 is 0 Å². The Labute approximate surface area is 104 Å². The maximum absolute atomic E-state index is 6.32. The zero-order valence-electron chi connectivity index (χ0n) is 10.0. The molecule has 0 amide bonds. The Kier molecular flexibility index (Phi) is 4.03. The van der Waals surface area contributed by atoms with Gasteiger partial charge in [-0.1, -0.05) is 13.8 Å². The molecular weight excluding hydrogens is 242 g/mol. The van der Waals surface area contributed by atoms with E-state index in [1.807, 2.05) is 0 Å². The summed E-state index contributed by atoms with van der Waals surface area (Å²) in [5, 5.41) is 0. The molecule has 2 saturated heterocycles. The molecule has 0 aromatic heterocycles. The Balaban J connectivity index is 2.12. The highest BCUT2D eigenvalue weighted by molar-refractivity contribution is 8.88. The van der Waals surface area contributed by atoms with Gasteiger partial charge in [-0.3, -0.25) is 0 Å². The molecule has 5 atom stereocenters. The first kappa shape index (κ1) is 12.6.